The molecule has 2 aromatic rings. The Morgan fingerprint density at radius 3 is 2.44 bits per heavy atom. The van der Waals surface area contributed by atoms with Crippen molar-refractivity contribution in [1.29, 1.82) is 0 Å². The summed E-state index contributed by atoms with van der Waals surface area (Å²) in [5.74, 6) is 0. The first-order valence-corrected chi connectivity index (χ1v) is 5.45. The molecule has 0 N–H and O–H groups in total. The smallest absolute Gasteiger partial charge is 0.249 e. The Kier molecular flexibility index (Phi) is 2.71. The van der Waals surface area contributed by atoms with E-state index in [-0.39, 0.29) is 5.56 Å². The summed E-state index contributed by atoms with van der Waals surface area (Å²) in [6.45, 7) is 1.71. The lowest BCUT2D eigenvalue weighted by molar-refractivity contribution is -0.137. The van der Waals surface area contributed by atoms with Crippen LogP contribution in [0.25, 0.3) is 10.4 Å². The van der Waals surface area contributed by atoms with E-state index in [4.69, 9.17) is 0 Å². The highest BCUT2D eigenvalue weighted by Gasteiger charge is 2.33. The quantitative estimate of drug-likeness (QED) is 0.733. The van der Waals surface area contributed by atoms with Crippen LogP contribution in [0, 0.1) is 6.92 Å². The molecule has 0 atom stereocenters. The Morgan fingerprint density at radius 2 is 1.88 bits per heavy atom. The zero-order valence-electron chi connectivity index (χ0n) is 8.38. The molecule has 0 aliphatic heterocycles. The van der Waals surface area contributed by atoms with Crippen LogP contribution in [0.15, 0.2) is 29.8 Å². The van der Waals surface area contributed by atoms with Crippen LogP contribution >= 0.6 is 11.3 Å². The summed E-state index contributed by atoms with van der Waals surface area (Å²) in [6.07, 6.45) is -4.33. The Labute approximate surface area is 94.6 Å². The zero-order chi connectivity index (χ0) is 11.8. The van der Waals surface area contributed by atoms with Gasteiger partial charge in [0.1, 0.15) is 0 Å². The van der Waals surface area contributed by atoms with Crippen molar-refractivity contribution in [3.05, 3.63) is 41.0 Å². The van der Waals surface area contributed by atoms with E-state index in [1.807, 2.05) is 0 Å². The number of halogens is 3. The second-order valence-corrected chi connectivity index (χ2v) is 4.17. The van der Waals surface area contributed by atoms with Crippen molar-refractivity contribution >= 4 is 11.3 Å². The van der Waals surface area contributed by atoms with Gasteiger partial charge in [0.05, 0.1) is 21.6 Å². The fourth-order valence-electron chi connectivity index (χ4n) is 1.49. The number of aryl methyl sites for hydroxylation is 1. The highest BCUT2D eigenvalue weighted by atomic mass is 32.1. The average Bonchev–Trinajstić information content (AvgIpc) is 2.63. The fourth-order valence-corrected chi connectivity index (χ4v) is 2.33. The molecule has 1 nitrogen and oxygen atoms in total. The van der Waals surface area contributed by atoms with Crippen LogP contribution in [0.2, 0.25) is 0 Å². The van der Waals surface area contributed by atoms with Gasteiger partial charge in [0.15, 0.2) is 0 Å². The SMILES string of the molecule is Cc1ncsc1-c1ccccc1C(F)(F)F. The van der Waals surface area contributed by atoms with Crippen LogP contribution < -0.4 is 0 Å². The molecule has 0 radical (unpaired) electrons. The van der Waals surface area contributed by atoms with E-state index >= 15 is 0 Å². The van der Waals surface area contributed by atoms with Gasteiger partial charge in [-0.05, 0) is 13.0 Å². The lowest BCUT2D eigenvalue weighted by atomic mass is 10.0. The van der Waals surface area contributed by atoms with Crippen molar-refractivity contribution in [3.8, 4) is 10.4 Å². The molecule has 0 aliphatic carbocycles. The maximum Gasteiger partial charge on any atom is 0.417 e. The largest absolute Gasteiger partial charge is 0.417 e. The fraction of sp³-hybridized carbons (Fsp3) is 0.182. The summed E-state index contributed by atoms with van der Waals surface area (Å²) in [7, 11) is 0. The minimum absolute atomic E-state index is 0.204. The van der Waals surface area contributed by atoms with Gasteiger partial charge in [0.2, 0.25) is 0 Å². The molecule has 0 fully saturated rings. The number of thiazole rings is 1. The summed E-state index contributed by atoms with van der Waals surface area (Å²) < 4.78 is 38.3. The van der Waals surface area contributed by atoms with Crippen LogP contribution in [0.5, 0.6) is 0 Å². The van der Waals surface area contributed by atoms with Gasteiger partial charge in [0, 0.05) is 5.56 Å². The molecule has 1 aromatic heterocycles. The van der Waals surface area contributed by atoms with E-state index in [9.17, 15) is 13.2 Å². The van der Waals surface area contributed by atoms with Crippen LogP contribution in [0.4, 0.5) is 13.2 Å². The average molecular weight is 243 g/mol. The van der Waals surface area contributed by atoms with Gasteiger partial charge < -0.3 is 0 Å². The molecule has 0 saturated carbocycles. The van der Waals surface area contributed by atoms with Crippen molar-refractivity contribution in [1.82, 2.24) is 4.98 Å². The standard InChI is InChI=1S/C11H8F3NS/c1-7-10(16-6-15-7)8-4-2-3-5-9(8)11(12,13)14/h2-6H,1H3. The monoisotopic (exact) mass is 243 g/mol. The first-order valence-electron chi connectivity index (χ1n) is 4.57. The van der Waals surface area contributed by atoms with E-state index in [1.54, 1.807) is 18.5 Å². The third-order valence-electron chi connectivity index (χ3n) is 2.22. The van der Waals surface area contributed by atoms with Gasteiger partial charge in [-0.2, -0.15) is 13.2 Å². The number of nitrogens with zero attached hydrogens (tertiary/aromatic N) is 1. The molecule has 84 valence electrons. The highest BCUT2D eigenvalue weighted by molar-refractivity contribution is 7.13. The molecule has 0 amide bonds. The lowest BCUT2D eigenvalue weighted by Gasteiger charge is -2.11. The third kappa shape index (κ3) is 1.95. The van der Waals surface area contributed by atoms with Crippen molar-refractivity contribution in [2.45, 2.75) is 13.1 Å². The summed E-state index contributed by atoms with van der Waals surface area (Å²) in [6, 6.07) is 5.56. The van der Waals surface area contributed by atoms with Gasteiger partial charge in [0.25, 0.3) is 0 Å². The molecule has 0 aliphatic rings. The zero-order valence-corrected chi connectivity index (χ0v) is 9.19. The molecule has 5 heteroatoms. The summed E-state index contributed by atoms with van der Waals surface area (Å²) >= 11 is 1.22. The van der Waals surface area contributed by atoms with Crippen LogP contribution in [0.3, 0.4) is 0 Å². The summed E-state index contributed by atoms with van der Waals surface area (Å²) in [5.41, 5.74) is 1.77. The molecule has 2 rings (SSSR count). The Bertz CT molecular complexity index is 502. The van der Waals surface area contributed by atoms with Gasteiger partial charge in [-0.1, -0.05) is 18.2 Å². The van der Waals surface area contributed by atoms with Gasteiger partial charge in [-0.25, -0.2) is 4.98 Å². The molecule has 0 unspecified atom stereocenters. The number of alkyl halides is 3. The van der Waals surface area contributed by atoms with Crippen molar-refractivity contribution < 1.29 is 13.2 Å². The molecule has 0 bridgehead atoms. The van der Waals surface area contributed by atoms with E-state index in [0.29, 0.717) is 10.6 Å². The number of hydrogen-bond acceptors (Lipinski definition) is 2. The molecular formula is C11H8F3NS. The van der Waals surface area contributed by atoms with E-state index in [0.717, 1.165) is 6.07 Å². The van der Waals surface area contributed by atoms with Crippen LogP contribution in [-0.2, 0) is 6.18 Å². The predicted molar refractivity (Wildman–Crippen MR) is 57.3 cm³/mol. The lowest BCUT2D eigenvalue weighted by Crippen LogP contribution is -2.06. The third-order valence-corrected chi connectivity index (χ3v) is 3.18. The minimum atomic E-state index is -4.33. The maximum absolute atomic E-state index is 12.8. The van der Waals surface area contributed by atoms with Crippen LogP contribution in [-0.4, -0.2) is 4.98 Å². The normalized spacial score (nSPS) is 11.8. The van der Waals surface area contributed by atoms with E-state index < -0.39 is 11.7 Å². The van der Waals surface area contributed by atoms with Crippen LogP contribution in [0.1, 0.15) is 11.3 Å². The summed E-state index contributed by atoms with van der Waals surface area (Å²) in [5, 5.41) is 0. The number of benzene rings is 1. The Balaban J connectivity index is 2.62. The number of aromatic nitrogens is 1. The molecule has 0 saturated heterocycles. The molecule has 16 heavy (non-hydrogen) atoms. The Morgan fingerprint density at radius 1 is 1.19 bits per heavy atom. The second-order valence-electron chi connectivity index (χ2n) is 3.31. The molecule has 0 spiro atoms. The predicted octanol–water partition coefficient (Wildman–Crippen LogP) is 4.14. The van der Waals surface area contributed by atoms with Crippen molar-refractivity contribution in [3.63, 3.8) is 0 Å². The van der Waals surface area contributed by atoms with Crippen molar-refractivity contribution in [2.24, 2.45) is 0 Å². The topological polar surface area (TPSA) is 12.9 Å². The molecule has 1 aromatic carbocycles. The molecule has 1 heterocycles. The van der Waals surface area contributed by atoms with Gasteiger partial charge in [-0.3, -0.25) is 0 Å². The van der Waals surface area contributed by atoms with Gasteiger partial charge in [-0.15, -0.1) is 11.3 Å². The summed E-state index contributed by atoms with van der Waals surface area (Å²) in [4.78, 5) is 4.54. The highest BCUT2D eigenvalue weighted by Crippen LogP contribution is 2.39. The maximum atomic E-state index is 12.8. The molecular weight excluding hydrogens is 235 g/mol. The number of rotatable bonds is 1. The first-order chi connectivity index (χ1) is 7.50. The first kappa shape index (κ1) is 11.1. The van der Waals surface area contributed by atoms with E-state index in [2.05, 4.69) is 4.98 Å². The minimum Gasteiger partial charge on any atom is -0.249 e. The van der Waals surface area contributed by atoms with Gasteiger partial charge >= 0.3 is 6.18 Å². The number of hydrogen-bond donors (Lipinski definition) is 0. The van der Waals surface area contributed by atoms with E-state index in [1.165, 1.54) is 23.5 Å². The Hall–Kier alpha value is -1.36. The second kappa shape index (κ2) is 3.90. The van der Waals surface area contributed by atoms with Crippen molar-refractivity contribution in [2.75, 3.05) is 0 Å².